The van der Waals surface area contributed by atoms with Crippen LogP contribution in [0.4, 0.5) is 0 Å². The maximum atomic E-state index is 10.6. The Morgan fingerprint density at radius 2 is 0.892 bits per heavy atom. The highest BCUT2D eigenvalue weighted by molar-refractivity contribution is 7.23. The smallest absolute Gasteiger partial charge is 0.138 e. The number of nitriles is 4. The van der Waals surface area contributed by atoms with Crippen LogP contribution in [0.5, 0.6) is 0 Å². The van der Waals surface area contributed by atoms with Gasteiger partial charge in [0, 0.05) is 36.1 Å². The van der Waals surface area contributed by atoms with Crippen molar-refractivity contribution < 1.29 is 0 Å². The highest BCUT2D eigenvalue weighted by Gasteiger charge is 2.45. The number of allylic oxidation sites excluding steroid dienone is 2. The topological polar surface area (TPSA) is 95.2 Å². The summed E-state index contributed by atoms with van der Waals surface area (Å²) in [6, 6.07) is 40.3. The van der Waals surface area contributed by atoms with E-state index >= 15 is 0 Å². The average molecular weight is 883 g/mol. The second-order valence-corrected chi connectivity index (χ2v) is 20.7. The van der Waals surface area contributed by atoms with E-state index < -0.39 is 0 Å². The molecular weight excluding hydrogens is 829 g/mol. The summed E-state index contributed by atoms with van der Waals surface area (Å²) in [5.74, 6) is 0. The predicted molar refractivity (Wildman–Crippen MR) is 270 cm³/mol. The summed E-state index contributed by atoms with van der Waals surface area (Å²) in [5, 5.41) is 41.9. The van der Waals surface area contributed by atoms with Gasteiger partial charge in [0.1, 0.15) is 35.4 Å². The van der Waals surface area contributed by atoms with Crippen molar-refractivity contribution in [3.05, 3.63) is 140 Å². The number of hydrogen-bond donors (Lipinski definition) is 0. The highest BCUT2D eigenvalue weighted by Crippen LogP contribution is 2.61. The molecule has 3 aliphatic carbocycles. The van der Waals surface area contributed by atoms with E-state index in [4.69, 9.17) is 0 Å². The Balaban J connectivity index is 1.25. The van der Waals surface area contributed by atoms with Crippen molar-refractivity contribution in [3.8, 4) is 77.9 Å². The Labute approximate surface area is 393 Å². The van der Waals surface area contributed by atoms with Gasteiger partial charge in [0.15, 0.2) is 0 Å². The molecule has 0 bridgehead atoms. The van der Waals surface area contributed by atoms with Gasteiger partial charge in [-0.25, -0.2) is 0 Å². The third kappa shape index (κ3) is 7.79. The third-order valence-electron chi connectivity index (χ3n) is 14.2. The monoisotopic (exact) mass is 882 g/mol. The molecule has 0 amide bonds. The van der Waals surface area contributed by atoms with Gasteiger partial charge in [0.2, 0.25) is 0 Å². The molecule has 0 radical (unpaired) electrons. The number of nitrogens with zero attached hydrogens (tertiary/aromatic N) is 4. The largest absolute Gasteiger partial charge is 0.192 e. The number of benzene rings is 4. The molecule has 6 aromatic rings. The molecule has 4 nitrogen and oxygen atoms in total. The molecule has 65 heavy (non-hydrogen) atoms. The zero-order chi connectivity index (χ0) is 45.2. The zero-order valence-corrected chi connectivity index (χ0v) is 39.7. The van der Waals surface area contributed by atoms with Crippen molar-refractivity contribution in [2.45, 2.75) is 123 Å². The van der Waals surface area contributed by atoms with E-state index in [9.17, 15) is 21.0 Å². The molecule has 0 saturated heterocycles. The molecule has 3 aliphatic rings. The van der Waals surface area contributed by atoms with Crippen LogP contribution >= 0.6 is 22.7 Å². The van der Waals surface area contributed by atoms with E-state index in [1.54, 1.807) is 22.7 Å². The quantitative estimate of drug-likeness (QED) is 0.0713. The standard InChI is InChI=1S/C59H54N4S2/c1-5-7-9-11-13-15-25-59(26-16-14-12-10-8-6-2)52-31-44-42-20-17-37(3)27-48(42)57(40(33-60)34-61)50(44)29-46(52)47-30-51-45(32-53(47)59)43-21-19-39(28-49(43)58(51)41(35-62)36-63)54-23-24-56(65-54)55-22-18-38(4)64-55/h17-24,27-32H,5-16,25-26H2,1-4H3. The summed E-state index contributed by atoms with van der Waals surface area (Å²) in [6.07, 6.45) is 16.6. The van der Waals surface area contributed by atoms with Gasteiger partial charge >= 0.3 is 0 Å². The van der Waals surface area contributed by atoms with Crippen molar-refractivity contribution in [1.29, 1.82) is 21.0 Å². The Morgan fingerprint density at radius 3 is 1.42 bits per heavy atom. The van der Waals surface area contributed by atoms with Crippen molar-refractivity contribution in [2.75, 3.05) is 0 Å². The molecule has 2 aromatic heterocycles. The van der Waals surface area contributed by atoms with E-state index in [1.165, 1.54) is 90.0 Å². The second kappa shape index (κ2) is 18.7. The van der Waals surface area contributed by atoms with Crippen LogP contribution in [0.1, 0.15) is 148 Å². The normalized spacial score (nSPS) is 13.2. The van der Waals surface area contributed by atoms with Crippen molar-refractivity contribution in [3.63, 3.8) is 0 Å². The number of fused-ring (bicyclic) bond motifs is 9. The van der Waals surface area contributed by atoms with E-state index in [1.807, 2.05) is 0 Å². The molecule has 0 spiro atoms. The molecule has 0 N–H and O–H groups in total. The van der Waals surface area contributed by atoms with Gasteiger partial charge in [-0.05, 0) is 154 Å². The fraction of sp³-hybridized carbons (Fsp3) is 0.322. The van der Waals surface area contributed by atoms with Crippen molar-refractivity contribution in [2.24, 2.45) is 0 Å². The lowest BCUT2D eigenvalue weighted by Crippen LogP contribution is -2.26. The summed E-state index contributed by atoms with van der Waals surface area (Å²) in [7, 11) is 0. The maximum Gasteiger partial charge on any atom is 0.138 e. The summed E-state index contributed by atoms with van der Waals surface area (Å²) < 4.78 is 0. The Hall–Kier alpha value is -6.28. The molecule has 0 aliphatic heterocycles. The summed E-state index contributed by atoms with van der Waals surface area (Å²) in [5.41, 5.74) is 16.5. The molecule has 0 fully saturated rings. The highest BCUT2D eigenvalue weighted by atomic mass is 32.1. The first-order valence-corrected chi connectivity index (χ1v) is 25.3. The van der Waals surface area contributed by atoms with E-state index in [2.05, 4.69) is 137 Å². The van der Waals surface area contributed by atoms with Crippen LogP contribution in [0.15, 0.2) is 96.1 Å². The van der Waals surface area contributed by atoms with Crippen LogP contribution in [-0.2, 0) is 5.41 Å². The minimum atomic E-state index is -0.262. The number of hydrogen-bond acceptors (Lipinski definition) is 6. The molecule has 6 heteroatoms. The number of unbranched alkanes of at least 4 members (excludes halogenated alkanes) is 10. The van der Waals surface area contributed by atoms with Gasteiger partial charge in [-0.2, -0.15) is 21.0 Å². The first-order valence-electron chi connectivity index (χ1n) is 23.7. The minimum Gasteiger partial charge on any atom is -0.192 e. The summed E-state index contributed by atoms with van der Waals surface area (Å²) >= 11 is 3.57. The van der Waals surface area contributed by atoms with Crippen molar-refractivity contribution >= 4 is 33.8 Å². The molecule has 0 saturated carbocycles. The maximum absolute atomic E-state index is 10.6. The molecule has 0 unspecified atom stereocenters. The number of aryl methyl sites for hydroxylation is 2. The molecule has 2 heterocycles. The van der Waals surface area contributed by atoms with Crippen LogP contribution in [0.25, 0.3) is 64.7 Å². The summed E-state index contributed by atoms with van der Waals surface area (Å²) in [4.78, 5) is 4.92. The van der Waals surface area contributed by atoms with Crippen LogP contribution in [-0.4, -0.2) is 0 Å². The Bertz CT molecular complexity index is 3050. The van der Waals surface area contributed by atoms with Gasteiger partial charge in [-0.1, -0.05) is 127 Å². The lowest BCUT2D eigenvalue weighted by Gasteiger charge is -2.33. The fourth-order valence-corrected chi connectivity index (χ4v) is 13.0. The molecule has 4 aromatic carbocycles. The molecule has 322 valence electrons. The number of rotatable bonds is 16. The third-order valence-corrected chi connectivity index (χ3v) is 16.6. The lowest BCUT2D eigenvalue weighted by atomic mass is 9.69. The van der Waals surface area contributed by atoms with Gasteiger partial charge < -0.3 is 0 Å². The first kappa shape index (κ1) is 43.9. The lowest BCUT2D eigenvalue weighted by molar-refractivity contribution is 0.398. The van der Waals surface area contributed by atoms with Crippen LogP contribution < -0.4 is 0 Å². The zero-order valence-electron chi connectivity index (χ0n) is 38.1. The van der Waals surface area contributed by atoms with Gasteiger partial charge in [-0.3, -0.25) is 0 Å². The van der Waals surface area contributed by atoms with Gasteiger partial charge in [0.25, 0.3) is 0 Å². The van der Waals surface area contributed by atoms with E-state index in [-0.39, 0.29) is 16.6 Å². The van der Waals surface area contributed by atoms with E-state index in [0.717, 1.165) is 97.3 Å². The average Bonchev–Trinajstić information content (AvgIpc) is 4.15. The van der Waals surface area contributed by atoms with Crippen molar-refractivity contribution in [1.82, 2.24) is 0 Å². The summed E-state index contributed by atoms with van der Waals surface area (Å²) in [6.45, 7) is 8.75. The SMILES string of the molecule is CCCCCCCCC1(CCCCCCCC)c2cc3c(cc2-c2cc4c(cc21)-c1ccc(-c2ccc(-c5ccc(C)s5)s2)cc1C4=C(C#N)C#N)C(=C(C#N)C#N)c1cc(C)ccc1-3. The van der Waals surface area contributed by atoms with Crippen LogP contribution in [0.2, 0.25) is 0 Å². The Kier molecular flexibility index (Phi) is 12.6. The number of thiophene rings is 2. The molecule has 0 atom stereocenters. The Morgan fingerprint density at radius 1 is 0.431 bits per heavy atom. The minimum absolute atomic E-state index is 0.115. The van der Waals surface area contributed by atoms with E-state index in [0.29, 0.717) is 11.1 Å². The molecule has 9 rings (SSSR count). The van der Waals surface area contributed by atoms with Crippen LogP contribution in [0.3, 0.4) is 0 Å². The fourth-order valence-electron chi connectivity index (χ4n) is 11.1. The van der Waals surface area contributed by atoms with Gasteiger partial charge in [0.05, 0.1) is 0 Å². The van der Waals surface area contributed by atoms with Crippen LogP contribution in [0, 0.1) is 59.2 Å². The predicted octanol–water partition coefficient (Wildman–Crippen LogP) is 17.2. The first-order chi connectivity index (χ1) is 31.8. The second-order valence-electron chi connectivity index (χ2n) is 18.3. The molecular formula is C59H54N4S2. The van der Waals surface area contributed by atoms with Gasteiger partial charge in [-0.15, -0.1) is 22.7 Å².